The minimum atomic E-state index is -1.18. The van der Waals surface area contributed by atoms with E-state index in [0.29, 0.717) is 5.69 Å². The highest BCUT2D eigenvalue weighted by Gasteiger charge is 2.21. The molecule has 2 rings (SSSR count). The van der Waals surface area contributed by atoms with Crippen molar-refractivity contribution in [1.82, 2.24) is 19.5 Å². The molecule has 0 fully saturated rings. The SMILES string of the molecule is Cc1cn(C[C@H](O)[C@H](O)CCO)c2nc(=O)[nH]c(=O)c-2n1. The zero-order chi connectivity index (χ0) is 15.6. The molecule has 0 aromatic rings. The van der Waals surface area contributed by atoms with Gasteiger partial charge in [-0.25, -0.2) is 9.78 Å². The molecule has 0 spiro atoms. The summed E-state index contributed by atoms with van der Waals surface area (Å²) >= 11 is 0. The van der Waals surface area contributed by atoms with Crippen LogP contribution in [0.3, 0.4) is 0 Å². The lowest BCUT2D eigenvalue weighted by Gasteiger charge is -2.20. The van der Waals surface area contributed by atoms with Crippen molar-refractivity contribution in [3.05, 3.63) is 32.7 Å². The summed E-state index contributed by atoms with van der Waals surface area (Å²) in [5.74, 6) is 0.0320. The van der Waals surface area contributed by atoms with Gasteiger partial charge in [-0.3, -0.25) is 9.78 Å². The Balaban J connectivity index is 2.44. The number of hydrogen-bond acceptors (Lipinski definition) is 7. The van der Waals surface area contributed by atoms with E-state index >= 15 is 0 Å². The van der Waals surface area contributed by atoms with Gasteiger partial charge < -0.3 is 19.9 Å². The van der Waals surface area contributed by atoms with Gasteiger partial charge in [-0.05, 0) is 13.3 Å². The number of aromatic nitrogens is 4. The van der Waals surface area contributed by atoms with E-state index in [-0.39, 0.29) is 31.1 Å². The lowest BCUT2D eigenvalue weighted by atomic mass is 10.1. The zero-order valence-electron chi connectivity index (χ0n) is 11.4. The van der Waals surface area contributed by atoms with Crippen molar-refractivity contribution in [1.29, 1.82) is 0 Å². The van der Waals surface area contributed by atoms with Crippen molar-refractivity contribution < 1.29 is 15.3 Å². The Morgan fingerprint density at radius 3 is 2.67 bits per heavy atom. The predicted octanol–water partition coefficient (Wildman–Crippen LogP) is -2.16. The minimum absolute atomic E-state index is 0.0153. The first kappa shape index (κ1) is 15.3. The number of aromatic amines is 1. The Bertz CT molecular complexity index is 710. The van der Waals surface area contributed by atoms with Gasteiger partial charge in [0.2, 0.25) is 0 Å². The fourth-order valence-electron chi connectivity index (χ4n) is 2.01. The number of nitrogens with one attached hydrogen (secondary N) is 1. The van der Waals surface area contributed by atoms with E-state index in [1.54, 1.807) is 6.92 Å². The molecule has 114 valence electrons. The smallest absolute Gasteiger partial charge is 0.349 e. The van der Waals surface area contributed by atoms with Crippen molar-refractivity contribution >= 4 is 0 Å². The van der Waals surface area contributed by atoms with Crippen molar-refractivity contribution in [2.24, 2.45) is 0 Å². The molecule has 0 radical (unpaired) electrons. The average Bonchev–Trinajstić information content (AvgIpc) is 2.40. The van der Waals surface area contributed by atoms with E-state index in [1.807, 2.05) is 4.98 Å². The maximum atomic E-state index is 11.7. The minimum Gasteiger partial charge on any atom is -0.396 e. The van der Waals surface area contributed by atoms with E-state index in [2.05, 4.69) is 9.97 Å². The van der Waals surface area contributed by atoms with Crippen molar-refractivity contribution in [2.45, 2.75) is 32.1 Å². The summed E-state index contributed by atoms with van der Waals surface area (Å²) < 4.78 is 1.39. The van der Waals surface area contributed by atoms with Crippen LogP contribution in [0.4, 0.5) is 0 Å². The fourth-order valence-corrected chi connectivity index (χ4v) is 2.01. The Kier molecular flexibility index (Phi) is 4.46. The molecule has 2 aliphatic rings. The molecule has 0 amide bonds. The molecule has 0 saturated heterocycles. The normalized spacial score (nSPS) is 14.3. The number of aliphatic hydroxyl groups is 3. The molecule has 0 saturated carbocycles. The number of fused-ring (bicyclic) bond motifs is 1. The summed E-state index contributed by atoms with van der Waals surface area (Å²) in [6, 6.07) is 0. The van der Waals surface area contributed by atoms with E-state index in [1.165, 1.54) is 10.8 Å². The van der Waals surface area contributed by atoms with E-state index in [9.17, 15) is 19.8 Å². The van der Waals surface area contributed by atoms with Crippen molar-refractivity contribution in [3.8, 4) is 11.5 Å². The number of aryl methyl sites for hydroxylation is 1. The second kappa shape index (κ2) is 6.12. The lowest BCUT2D eigenvalue weighted by Crippen LogP contribution is -2.34. The van der Waals surface area contributed by atoms with Gasteiger partial charge in [0.05, 0.1) is 24.4 Å². The zero-order valence-corrected chi connectivity index (χ0v) is 11.4. The van der Waals surface area contributed by atoms with Crippen LogP contribution in [0.25, 0.3) is 11.5 Å². The lowest BCUT2D eigenvalue weighted by molar-refractivity contribution is -0.00347. The molecule has 0 aromatic carbocycles. The van der Waals surface area contributed by atoms with Gasteiger partial charge in [0, 0.05) is 12.8 Å². The highest BCUT2D eigenvalue weighted by molar-refractivity contribution is 5.48. The third-order valence-electron chi connectivity index (χ3n) is 3.01. The largest absolute Gasteiger partial charge is 0.396 e. The van der Waals surface area contributed by atoms with Crippen LogP contribution in [-0.2, 0) is 6.54 Å². The summed E-state index contributed by atoms with van der Waals surface area (Å²) in [6.07, 6.45) is -0.767. The van der Waals surface area contributed by atoms with Gasteiger partial charge in [0.25, 0.3) is 5.56 Å². The molecule has 0 aliphatic carbocycles. The monoisotopic (exact) mass is 296 g/mol. The molecule has 9 heteroatoms. The number of rotatable bonds is 5. The maximum Gasteiger partial charge on any atom is 0.349 e. The maximum absolute atomic E-state index is 11.7. The molecule has 21 heavy (non-hydrogen) atoms. The van der Waals surface area contributed by atoms with Crippen molar-refractivity contribution in [3.63, 3.8) is 0 Å². The second-order valence-electron chi connectivity index (χ2n) is 4.72. The summed E-state index contributed by atoms with van der Waals surface area (Å²) in [4.78, 5) is 32.7. The molecule has 0 bridgehead atoms. The fraction of sp³-hybridized carbons (Fsp3) is 0.500. The third-order valence-corrected chi connectivity index (χ3v) is 3.01. The Morgan fingerprint density at radius 2 is 2.00 bits per heavy atom. The molecule has 4 N–H and O–H groups in total. The van der Waals surface area contributed by atoms with Crippen LogP contribution < -0.4 is 11.2 Å². The van der Waals surface area contributed by atoms with Crippen molar-refractivity contribution in [2.75, 3.05) is 6.61 Å². The molecule has 9 nitrogen and oxygen atoms in total. The van der Waals surface area contributed by atoms with Crippen LogP contribution >= 0.6 is 0 Å². The van der Waals surface area contributed by atoms with Crippen LogP contribution in [-0.4, -0.2) is 53.7 Å². The van der Waals surface area contributed by atoms with Crippen LogP contribution in [0.5, 0.6) is 0 Å². The quantitative estimate of drug-likeness (QED) is 0.492. The van der Waals surface area contributed by atoms with Crippen LogP contribution in [0.2, 0.25) is 0 Å². The molecule has 2 atom stereocenters. The Morgan fingerprint density at radius 1 is 1.29 bits per heavy atom. The van der Waals surface area contributed by atoms with Crippen LogP contribution in [0.1, 0.15) is 12.1 Å². The van der Waals surface area contributed by atoms with E-state index in [4.69, 9.17) is 5.11 Å². The van der Waals surface area contributed by atoms with Crippen LogP contribution in [0, 0.1) is 6.92 Å². The molecule has 0 aromatic heterocycles. The first-order valence-corrected chi connectivity index (χ1v) is 6.37. The molecule has 2 heterocycles. The average molecular weight is 296 g/mol. The van der Waals surface area contributed by atoms with Gasteiger partial charge >= 0.3 is 5.69 Å². The highest BCUT2D eigenvalue weighted by Crippen LogP contribution is 2.13. The van der Waals surface area contributed by atoms with Gasteiger partial charge in [-0.1, -0.05) is 0 Å². The molecular formula is C12H16N4O5. The Labute approximate surface area is 118 Å². The predicted molar refractivity (Wildman–Crippen MR) is 72.0 cm³/mol. The first-order chi connectivity index (χ1) is 9.92. The molecule has 0 unspecified atom stereocenters. The third kappa shape index (κ3) is 3.32. The first-order valence-electron chi connectivity index (χ1n) is 6.37. The second-order valence-corrected chi connectivity index (χ2v) is 4.72. The van der Waals surface area contributed by atoms with Crippen LogP contribution in [0.15, 0.2) is 15.8 Å². The van der Waals surface area contributed by atoms with Gasteiger partial charge in [-0.15, -0.1) is 0 Å². The summed E-state index contributed by atoms with van der Waals surface area (Å²) in [5, 5.41) is 28.3. The number of hydrogen-bond donors (Lipinski definition) is 4. The number of nitrogens with zero attached hydrogens (tertiary/aromatic N) is 3. The Hall–Kier alpha value is -2.10. The summed E-state index contributed by atoms with van der Waals surface area (Å²) in [6.45, 7) is 1.30. The van der Waals surface area contributed by atoms with Gasteiger partial charge in [-0.2, -0.15) is 4.98 Å². The number of H-pyrrole nitrogens is 1. The summed E-state index contributed by atoms with van der Waals surface area (Å²) in [5.41, 5.74) is -0.985. The topological polar surface area (TPSA) is 141 Å². The molecular weight excluding hydrogens is 280 g/mol. The summed E-state index contributed by atoms with van der Waals surface area (Å²) in [7, 11) is 0. The number of aliphatic hydroxyl groups excluding tert-OH is 3. The standard InChI is InChI=1S/C12H16N4O5/c1-6-4-16(5-8(19)7(18)2-3-17)10-9(13-6)11(20)15-12(21)14-10/h4,7-8,17-19H,2-3,5H2,1H3,(H,15,20,21)/t7-,8+/m1/s1. The van der Waals surface area contributed by atoms with E-state index < -0.39 is 23.5 Å². The van der Waals surface area contributed by atoms with Gasteiger partial charge in [0.1, 0.15) is 0 Å². The highest BCUT2D eigenvalue weighted by atomic mass is 16.3. The van der Waals surface area contributed by atoms with Gasteiger partial charge in [0.15, 0.2) is 11.5 Å². The molecule has 2 aliphatic heterocycles. The van der Waals surface area contributed by atoms with E-state index in [0.717, 1.165) is 0 Å².